The van der Waals surface area contributed by atoms with Crippen LogP contribution in [0, 0.1) is 0 Å². The van der Waals surface area contributed by atoms with Crippen molar-refractivity contribution in [1.82, 2.24) is 5.32 Å². The van der Waals surface area contributed by atoms with Crippen LogP contribution in [0.3, 0.4) is 0 Å². The Morgan fingerprint density at radius 1 is 1.21 bits per heavy atom. The van der Waals surface area contributed by atoms with Crippen molar-refractivity contribution >= 4 is 6.08 Å². The van der Waals surface area contributed by atoms with Gasteiger partial charge in [0, 0.05) is 6.54 Å². The summed E-state index contributed by atoms with van der Waals surface area (Å²) in [6.07, 6.45) is 6.08. The van der Waals surface area contributed by atoms with E-state index in [-0.39, 0.29) is 0 Å². The maximum atomic E-state index is 3.23. The number of rotatable bonds is 2. The fourth-order valence-electron chi connectivity index (χ4n) is 2.07. The highest BCUT2D eigenvalue weighted by molar-refractivity contribution is 5.58. The molecule has 1 aromatic carbocycles. The standard InChI is InChI=1S/C13H17N/c1-14-10-11-5-4-8-12-6-2-3-7-13(12)9-11/h2-3,6-7,9,14H,4-5,8,10H2,1H3. The molecule has 1 N–H and O–H groups in total. The summed E-state index contributed by atoms with van der Waals surface area (Å²) in [5.41, 5.74) is 4.44. The molecule has 2 rings (SSSR count). The van der Waals surface area contributed by atoms with E-state index in [2.05, 4.69) is 35.7 Å². The molecule has 1 aromatic rings. The van der Waals surface area contributed by atoms with Crippen LogP contribution in [-0.2, 0) is 6.42 Å². The predicted octanol–water partition coefficient (Wildman–Crippen LogP) is 2.63. The molecular weight excluding hydrogens is 170 g/mol. The second kappa shape index (κ2) is 4.43. The van der Waals surface area contributed by atoms with Crippen molar-refractivity contribution in [2.75, 3.05) is 13.6 Å². The molecule has 0 radical (unpaired) electrons. The maximum Gasteiger partial charge on any atom is 0.0164 e. The molecule has 1 aliphatic rings. The summed E-state index contributed by atoms with van der Waals surface area (Å²) < 4.78 is 0. The van der Waals surface area contributed by atoms with Gasteiger partial charge in [-0.2, -0.15) is 0 Å². The quantitative estimate of drug-likeness (QED) is 0.750. The van der Waals surface area contributed by atoms with E-state index >= 15 is 0 Å². The molecular formula is C13H17N. The lowest BCUT2D eigenvalue weighted by atomic mass is 10.1. The highest BCUT2D eigenvalue weighted by Crippen LogP contribution is 2.22. The third-order valence-electron chi connectivity index (χ3n) is 2.76. The molecule has 0 aliphatic heterocycles. The number of likely N-dealkylation sites (N-methyl/N-ethyl adjacent to an activating group) is 1. The van der Waals surface area contributed by atoms with Crippen molar-refractivity contribution < 1.29 is 0 Å². The molecule has 0 heterocycles. The van der Waals surface area contributed by atoms with Gasteiger partial charge in [-0.25, -0.2) is 0 Å². The number of aryl methyl sites for hydroxylation is 1. The van der Waals surface area contributed by atoms with E-state index in [0.29, 0.717) is 0 Å². The summed E-state index contributed by atoms with van der Waals surface area (Å²) in [5, 5.41) is 3.23. The number of hydrogen-bond acceptors (Lipinski definition) is 1. The van der Waals surface area contributed by atoms with Crippen LogP contribution < -0.4 is 5.32 Å². The van der Waals surface area contributed by atoms with Crippen LogP contribution in [0.25, 0.3) is 6.08 Å². The summed E-state index contributed by atoms with van der Waals surface area (Å²) in [7, 11) is 2.01. The first-order valence-corrected chi connectivity index (χ1v) is 5.32. The Morgan fingerprint density at radius 3 is 2.93 bits per heavy atom. The predicted molar refractivity (Wildman–Crippen MR) is 61.3 cm³/mol. The van der Waals surface area contributed by atoms with Crippen molar-refractivity contribution in [3.8, 4) is 0 Å². The van der Waals surface area contributed by atoms with Gasteiger partial charge in [-0.05, 0) is 37.4 Å². The minimum Gasteiger partial charge on any atom is -0.316 e. The zero-order chi connectivity index (χ0) is 9.80. The molecule has 1 aliphatic carbocycles. The average Bonchev–Trinajstić information content (AvgIpc) is 2.40. The number of fused-ring (bicyclic) bond motifs is 1. The van der Waals surface area contributed by atoms with Crippen LogP contribution in [0.4, 0.5) is 0 Å². The normalized spacial score (nSPS) is 15.6. The first-order valence-electron chi connectivity index (χ1n) is 5.32. The third kappa shape index (κ3) is 2.05. The van der Waals surface area contributed by atoms with Gasteiger partial charge in [0.05, 0.1) is 0 Å². The molecule has 0 bridgehead atoms. The van der Waals surface area contributed by atoms with Gasteiger partial charge in [-0.15, -0.1) is 0 Å². The molecule has 0 saturated heterocycles. The minimum atomic E-state index is 1.02. The fraction of sp³-hybridized carbons (Fsp3) is 0.385. The zero-order valence-electron chi connectivity index (χ0n) is 8.72. The molecule has 0 amide bonds. The molecule has 0 saturated carbocycles. The maximum absolute atomic E-state index is 3.23. The van der Waals surface area contributed by atoms with E-state index in [1.807, 2.05) is 7.05 Å². The van der Waals surface area contributed by atoms with Crippen molar-refractivity contribution in [3.63, 3.8) is 0 Å². The first-order chi connectivity index (χ1) is 6.90. The third-order valence-corrected chi connectivity index (χ3v) is 2.76. The Hall–Kier alpha value is -1.08. The van der Waals surface area contributed by atoms with Crippen molar-refractivity contribution in [3.05, 3.63) is 41.0 Å². The molecule has 74 valence electrons. The van der Waals surface area contributed by atoms with Gasteiger partial charge in [0.25, 0.3) is 0 Å². The summed E-state index contributed by atoms with van der Waals surface area (Å²) >= 11 is 0. The zero-order valence-corrected chi connectivity index (χ0v) is 8.72. The van der Waals surface area contributed by atoms with Gasteiger partial charge in [0.1, 0.15) is 0 Å². The van der Waals surface area contributed by atoms with Crippen LogP contribution in [0.1, 0.15) is 24.0 Å². The number of benzene rings is 1. The minimum absolute atomic E-state index is 1.02. The van der Waals surface area contributed by atoms with Crippen LogP contribution in [0.5, 0.6) is 0 Å². The van der Waals surface area contributed by atoms with Crippen LogP contribution >= 0.6 is 0 Å². The average molecular weight is 187 g/mol. The van der Waals surface area contributed by atoms with Gasteiger partial charge >= 0.3 is 0 Å². The van der Waals surface area contributed by atoms with Gasteiger partial charge in [0.2, 0.25) is 0 Å². The lowest BCUT2D eigenvalue weighted by Crippen LogP contribution is -2.09. The second-order valence-corrected chi connectivity index (χ2v) is 3.89. The Kier molecular flexibility index (Phi) is 3.00. The number of nitrogens with one attached hydrogen (secondary N) is 1. The van der Waals surface area contributed by atoms with Gasteiger partial charge in [-0.3, -0.25) is 0 Å². The molecule has 14 heavy (non-hydrogen) atoms. The molecule has 0 unspecified atom stereocenters. The van der Waals surface area contributed by atoms with Crippen molar-refractivity contribution in [2.24, 2.45) is 0 Å². The van der Waals surface area contributed by atoms with Crippen molar-refractivity contribution in [2.45, 2.75) is 19.3 Å². The highest BCUT2D eigenvalue weighted by atomic mass is 14.8. The van der Waals surface area contributed by atoms with E-state index in [9.17, 15) is 0 Å². The Bertz CT molecular complexity index is 339. The summed E-state index contributed by atoms with van der Waals surface area (Å²) in [6, 6.07) is 8.72. The SMILES string of the molecule is CNCC1=Cc2ccccc2CCC1. The van der Waals surface area contributed by atoms with E-state index in [0.717, 1.165) is 6.54 Å². The van der Waals surface area contributed by atoms with Gasteiger partial charge < -0.3 is 5.32 Å². The van der Waals surface area contributed by atoms with Crippen molar-refractivity contribution in [1.29, 1.82) is 0 Å². The Labute approximate surface area is 85.8 Å². The highest BCUT2D eigenvalue weighted by Gasteiger charge is 2.06. The molecule has 0 atom stereocenters. The topological polar surface area (TPSA) is 12.0 Å². The monoisotopic (exact) mass is 187 g/mol. The lowest BCUT2D eigenvalue weighted by molar-refractivity contribution is 0.772. The molecule has 0 spiro atoms. The molecule has 1 nitrogen and oxygen atoms in total. The lowest BCUT2D eigenvalue weighted by Gasteiger charge is -2.02. The van der Waals surface area contributed by atoms with E-state index in [4.69, 9.17) is 0 Å². The first kappa shape index (κ1) is 9.47. The molecule has 0 aromatic heterocycles. The second-order valence-electron chi connectivity index (χ2n) is 3.89. The molecule has 1 heteroatoms. The number of hydrogen-bond donors (Lipinski definition) is 1. The van der Waals surface area contributed by atoms with Crippen LogP contribution in [0.15, 0.2) is 29.8 Å². The summed E-state index contributed by atoms with van der Waals surface area (Å²) in [4.78, 5) is 0. The smallest absolute Gasteiger partial charge is 0.0164 e. The summed E-state index contributed by atoms with van der Waals surface area (Å²) in [5.74, 6) is 0. The molecule has 0 fully saturated rings. The van der Waals surface area contributed by atoms with Gasteiger partial charge in [0.15, 0.2) is 0 Å². The van der Waals surface area contributed by atoms with E-state index < -0.39 is 0 Å². The van der Waals surface area contributed by atoms with Crippen LogP contribution in [0.2, 0.25) is 0 Å². The van der Waals surface area contributed by atoms with Crippen LogP contribution in [-0.4, -0.2) is 13.6 Å². The Morgan fingerprint density at radius 2 is 2.07 bits per heavy atom. The Balaban J connectivity index is 2.30. The van der Waals surface area contributed by atoms with E-state index in [1.54, 1.807) is 0 Å². The van der Waals surface area contributed by atoms with E-state index in [1.165, 1.54) is 36.0 Å². The summed E-state index contributed by atoms with van der Waals surface area (Å²) in [6.45, 7) is 1.02. The fourth-order valence-corrected chi connectivity index (χ4v) is 2.07. The largest absolute Gasteiger partial charge is 0.316 e. The van der Waals surface area contributed by atoms with Gasteiger partial charge in [-0.1, -0.05) is 35.9 Å².